The number of amides is 1. The van der Waals surface area contributed by atoms with Crippen LogP contribution in [0.4, 0.5) is 4.39 Å². The third kappa shape index (κ3) is 2.53. The molecule has 0 bridgehead atoms. The Morgan fingerprint density at radius 3 is 2.89 bits per heavy atom. The maximum absolute atomic E-state index is 13.7. The SMILES string of the molecule is O=C1CSC(=NN=Cc2cc3c(cc2F)OCO3)N1. The molecule has 6 nitrogen and oxygen atoms in total. The lowest BCUT2D eigenvalue weighted by molar-refractivity contribution is -0.116. The van der Waals surface area contributed by atoms with Gasteiger partial charge in [0.15, 0.2) is 16.7 Å². The second-order valence-corrected chi connectivity index (χ2v) is 4.68. The van der Waals surface area contributed by atoms with E-state index in [1.54, 1.807) is 0 Å². The lowest BCUT2D eigenvalue weighted by atomic mass is 10.2. The van der Waals surface area contributed by atoms with E-state index in [1.165, 1.54) is 30.1 Å². The number of amidine groups is 1. The molecule has 8 heteroatoms. The normalized spacial score (nSPS) is 19.4. The first kappa shape index (κ1) is 12.0. The third-order valence-electron chi connectivity index (χ3n) is 2.42. The van der Waals surface area contributed by atoms with Gasteiger partial charge in [0.1, 0.15) is 5.82 Å². The zero-order valence-electron chi connectivity index (χ0n) is 9.55. The van der Waals surface area contributed by atoms with Crippen LogP contribution in [0.3, 0.4) is 0 Å². The summed E-state index contributed by atoms with van der Waals surface area (Å²) in [5, 5.41) is 10.4. The van der Waals surface area contributed by atoms with Crippen LogP contribution in [0.15, 0.2) is 22.3 Å². The maximum atomic E-state index is 13.7. The molecule has 19 heavy (non-hydrogen) atoms. The minimum atomic E-state index is -0.476. The first-order valence-corrected chi connectivity index (χ1v) is 6.34. The van der Waals surface area contributed by atoms with Crippen molar-refractivity contribution in [1.82, 2.24) is 5.32 Å². The van der Waals surface area contributed by atoms with Crippen molar-refractivity contribution in [2.24, 2.45) is 10.2 Å². The van der Waals surface area contributed by atoms with Crippen LogP contribution in [-0.2, 0) is 4.79 Å². The Balaban J connectivity index is 1.78. The number of hydrogen-bond acceptors (Lipinski definition) is 6. The molecule has 0 radical (unpaired) electrons. The lowest BCUT2D eigenvalue weighted by Gasteiger charge is -1.99. The standard InChI is InChI=1S/C11H8FN3O3S/c12-7-2-9-8(17-5-18-9)1-6(7)3-13-15-11-14-10(16)4-19-11/h1-3H,4-5H2,(H,14,15,16). The van der Waals surface area contributed by atoms with Gasteiger partial charge in [0.25, 0.3) is 0 Å². The smallest absolute Gasteiger partial charge is 0.236 e. The summed E-state index contributed by atoms with van der Waals surface area (Å²) in [7, 11) is 0. The summed E-state index contributed by atoms with van der Waals surface area (Å²) in [5.74, 6) is 0.579. The van der Waals surface area contributed by atoms with E-state index in [-0.39, 0.29) is 18.3 Å². The van der Waals surface area contributed by atoms with Crippen molar-refractivity contribution < 1.29 is 18.7 Å². The second-order valence-electron chi connectivity index (χ2n) is 3.71. The van der Waals surface area contributed by atoms with Gasteiger partial charge in [-0.05, 0) is 6.07 Å². The molecule has 0 unspecified atom stereocenters. The Morgan fingerprint density at radius 1 is 1.37 bits per heavy atom. The molecule has 1 aromatic carbocycles. The zero-order valence-corrected chi connectivity index (χ0v) is 10.4. The monoisotopic (exact) mass is 281 g/mol. The molecule has 2 heterocycles. The fraction of sp³-hybridized carbons (Fsp3) is 0.182. The van der Waals surface area contributed by atoms with E-state index < -0.39 is 5.82 Å². The van der Waals surface area contributed by atoms with Gasteiger partial charge in [-0.25, -0.2) is 4.39 Å². The van der Waals surface area contributed by atoms with Gasteiger partial charge in [-0.2, -0.15) is 5.10 Å². The van der Waals surface area contributed by atoms with Gasteiger partial charge >= 0.3 is 0 Å². The summed E-state index contributed by atoms with van der Waals surface area (Å²) in [6.45, 7) is 0.0837. The van der Waals surface area contributed by atoms with E-state index in [0.717, 1.165) is 0 Å². The van der Waals surface area contributed by atoms with Gasteiger partial charge in [-0.3, -0.25) is 4.79 Å². The summed E-state index contributed by atoms with van der Waals surface area (Å²) >= 11 is 1.25. The highest BCUT2D eigenvalue weighted by atomic mass is 32.2. The first-order chi connectivity index (χ1) is 9.22. The number of ether oxygens (including phenoxy) is 2. The average molecular weight is 281 g/mol. The number of benzene rings is 1. The minimum absolute atomic E-state index is 0.0837. The summed E-state index contributed by atoms with van der Waals surface area (Å²) in [5.41, 5.74) is 0.239. The summed E-state index contributed by atoms with van der Waals surface area (Å²) in [4.78, 5) is 10.9. The average Bonchev–Trinajstić information content (AvgIpc) is 2.98. The molecular weight excluding hydrogens is 273 g/mol. The Hall–Kier alpha value is -2.09. The molecule has 3 rings (SSSR count). The highest BCUT2D eigenvalue weighted by molar-refractivity contribution is 8.15. The van der Waals surface area contributed by atoms with Crippen LogP contribution in [0.5, 0.6) is 11.5 Å². The third-order valence-corrected chi connectivity index (χ3v) is 3.29. The molecule has 0 aliphatic carbocycles. The molecule has 0 spiro atoms. The highest BCUT2D eigenvalue weighted by Crippen LogP contribution is 2.33. The molecule has 98 valence electrons. The highest BCUT2D eigenvalue weighted by Gasteiger charge is 2.17. The van der Waals surface area contributed by atoms with Crippen LogP contribution in [0.1, 0.15) is 5.56 Å². The van der Waals surface area contributed by atoms with Crippen LogP contribution in [0, 0.1) is 5.82 Å². The summed E-state index contributed by atoms with van der Waals surface area (Å²) in [6, 6.07) is 2.73. The largest absolute Gasteiger partial charge is 0.454 e. The fourth-order valence-electron chi connectivity index (χ4n) is 1.55. The molecule has 1 amide bonds. The summed E-state index contributed by atoms with van der Waals surface area (Å²) < 4.78 is 23.8. The quantitative estimate of drug-likeness (QED) is 0.651. The molecule has 1 N–H and O–H groups in total. The molecular formula is C11H8FN3O3S. The number of carbonyl (C=O) groups excluding carboxylic acids is 1. The number of nitrogens with zero attached hydrogens (tertiary/aromatic N) is 2. The Morgan fingerprint density at radius 2 is 2.16 bits per heavy atom. The number of carbonyl (C=O) groups is 1. The molecule has 1 saturated heterocycles. The number of halogens is 1. The van der Waals surface area contributed by atoms with Crippen molar-refractivity contribution in [1.29, 1.82) is 0 Å². The van der Waals surface area contributed by atoms with Gasteiger partial charge in [-0.1, -0.05) is 11.8 Å². The van der Waals surface area contributed by atoms with Crippen LogP contribution >= 0.6 is 11.8 Å². The van der Waals surface area contributed by atoms with E-state index >= 15 is 0 Å². The van der Waals surface area contributed by atoms with Gasteiger partial charge in [0, 0.05) is 11.6 Å². The molecule has 2 aliphatic rings. The minimum Gasteiger partial charge on any atom is -0.454 e. The molecule has 1 fully saturated rings. The van der Waals surface area contributed by atoms with Crippen molar-refractivity contribution in [2.45, 2.75) is 0 Å². The number of fused-ring (bicyclic) bond motifs is 1. The van der Waals surface area contributed by atoms with Crippen LogP contribution < -0.4 is 14.8 Å². The van der Waals surface area contributed by atoms with Crippen molar-refractivity contribution in [3.05, 3.63) is 23.5 Å². The molecule has 0 saturated carbocycles. The van der Waals surface area contributed by atoms with Crippen LogP contribution in [0.25, 0.3) is 0 Å². The van der Waals surface area contributed by atoms with Gasteiger partial charge in [-0.15, -0.1) is 5.10 Å². The Kier molecular flexibility index (Phi) is 3.08. The Labute approximate surface area is 111 Å². The van der Waals surface area contributed by atoms with Gasteiger partial charge in [0.05, 0.1) is 12.0 Å². The van der Waals surface area contributed by atoms with Crippen molar-refractivity contribution in [3.63, 3.8) is 0 Å². The predicted molar refractivity (Wildman–Crippen MR) is 68.2 cm³/mol. The van der Waals surface area contributed by atoms with Gasteiger partial charge < -0.3 is 14.8 Å². The summed E-state index contributed by atoms with van der Waals surface area (Å²) in [6.07, 6.45) is 1.26. The lowest BCUT2D eigenvalue weighted by Crippen LogP contribution is -2.19. The van der Waals surface area contributed by atoms with Crippen LogP contribution in [0.2, 0.25) is 0 Å². The first-order valence-electron chi connectivity index (χ1n) is 5.35. The van der Waals surface area contributed by atoms with Gasteiger partial charge in [0.2, 0.25) is 12.7 Å². The number of rotatable bonds is 2. The molecule has 1 aromatic rings. The molecule has 2 aliphatic heterocycles. The van der Waals surface area contributed by atoms with E-state index in [0.29, 0.717) is 22.4 Å². The maximum Gasteiger partial charge on any atom is 0.236 e. The fourth-order valence-corrected chi connectivity index (χ4v) is 2.19. The Bertz CT molecular complexity index is 603. The van der Waals surface area contributed by atoms with Crippen molar-refractivity contribution in [3.8, 4) is 11.5 Å². The second kappa shape index (κ2) is 4.88. The zero-order chi connectivity index (χ0) is 13.2. The van der Waals surface area contributed by atoms with E-state index in [2.05, 4.69) is 15.5 Å². The topological polar surface area (TPSA) is 72.3 Å². The molecule has 0 aromatic heterocycles. The van der Waals surface area contributed by atoms with Crippen molar-refractivity contribution >= 4 is 29.1 Å². The van der Waals surface area contributed by atoms with Crippen molar-refractivity contribution in [2.75, 3.05) is 12.5 Å². The number of nitrogens with one attached hydrogen (secondary N) is 1. The van der Waals surface area contributed by atoms with E-state index in [4.69, 9.17) is 9.47 Å². The molecule has 0 atom stereocenters. The number of hydrogen-bond donors (Lipinski definition) is 1. The van der Waals surface area contributed by atoms with E-state index in [9.17, 15) is 9.18 Å². The van der Waals surface area contributed by atoms with Crippen LogP contribution in [-0.4, -0.2) is 29.8 Å². The number of thioether (sulfide) groups is 1. The predicted octanol–water partition coefficient (Wildman–Crippen LogP) is 1.11. The van der Waals surface area contributed by atoms with E-state index in [1.807, 2.05) is 0 Å².